The van der Waals surface area contributed by atoms with Crippen molar-refractivity contribution >= 4 is 11.6 Å². The predicted molar refractivity (Wildman–Crippen MR) is 73.5 cm³/mol. The number of aryl methyl sites for hydroxylation is 1. The third-order valence-corrected chi connectivity index (χ3v) is 2.94. The molecule has 0 bridgehead atoms. The molecule has 1 heterocycles. The minimum absolute atomic E-state index is 0.164. The maximum absolute atomic E-state index is 12.2. The SMILES string of the molecule is CCN(C(=O)CCn1cccc1)c1ccccc1. The molecule has 0 radical (unpaired) electrons. The summed E-state index contributed by atoms with van der Waals surface area (Å²) in [6, 6.07) is 13.8. The van der Waals surface area contributed by atoms with Gasteiger partial charge in [-0.15, -0.1) is 0 Å². The van der Waals surface area contributed by atoms with Gasteiger partial charge in [-0.05, 0) is 31.2 Å². The largest absolute Gasteiger partial charge is 0.354 e. The standard InChI is InChI=1S/C15H18N2O/c1-2-17(14-8-4-3-5-9-14)15(18)10-13-16-11-6-7-12-16/h3-9,11-12H,2,10,13H2,1H3. The lowest BCUT2D eigenvalue weighted by Gasteiger charge is -2.21. The number of anilines is 1. The number of benzene rings is 1. The van der Waals surface area contributed by atoms with Gasteiger partial charge in [0.1, 0.15) is 0 Å². The van der Waals surface area contributed by atoms with Crippen molar-refractivity contribution < 1.29 is 4.79 Å². The number of para-hydroxylation sites is 1. The first-order chi connectivity index (χ1) is 8.81. The van der Waals surface area contributed by atoms with Crippen LogP contribution in [0.4, 0.5) is 5.69 Å². The number of aromatic nitrogens is 1. The number of carbonyl (C=O) groups excluding carboxylic acids is 1. The van der Waals surface area contributed by atoms with E-state index in [1.165, 1.54) is 0 Å². The number of nitrogens with zero attached hydrogens (tertiary/aromatic N) is 2. The molecule has 2 rings (SSSR count). The maximum Gasteiger partial charge on any atom is 0.228 e. The Morgan fingerprint density at radius 1 is 1.11 bits per heavy atom. The summed E-state index contributed by atoms with van der Waals surface area (Å²) in [5.41, 5.74) is 0.970. The van der Waals surface area contributed by atoms with Crippen molar-refractivity contribution in [3.63, 3.8) is 0 Å². The molecular weight excluding hydrogens is 224 g/mol. The van der Waals surface area contributed by atoms with Crippen LogP contribution < -0.4 is 4.90 Å². The number of hydrogen-bond acceptors (Lipinski definition) is 1. The van der Waals surface area contributed by atoms with Gasteiger partial charge in [-0.3, -0.25) is 4.79 Å². The first kappa shape index (κ1) is 12.4. The molecule has 1 aromatic carbocycles. The fourth-order valence-corrected chi connectivity index (χ4v) is 1.99. The van der Waals surface area contributed by atoms with Crippen molar-refractivity contribution in [2.45, 2.75) is 19.9 Å². The molecule has 0 aliphatic rings. The smallest absolute Gasteiger partial charge is 0.228 e. The lowest BCUT2D eigenvalue weighted by Crippen LogP contribution is -2.31. The summed E-state index contributed by atoms with van der Waals surface area (Å²) in [6.45, 7) is 3.43. The Morgan fingerprint density at radius 3 is 2.39 bits per heavy atom. The highest BCUT2D eigenvalue weighted by molar-refractivity contribution is 5.93. The molecule has 0 fully saturated rings. The molecule has 0 saturated carbocycles. The molecule has 18 heavy (non-hydrogen) atoms. The second kappa shape index (κ2) is 6.05. The lowest BCUT2D eigenvalue weighted by atomic mass is 10.2. The molecule has 0 spiro atoms. The summed E-state index contributed by atoms with van der Waals surface area (Å²) in [5.74, 6) is 0.164. The summed E-state index contributed by atoms with van der Waals surface area (Å²) in [7, 11) is 0. The summed E-state index contributed by atoms with van der Waals surface area (Å²) in [6.07, 6.45) is 4.48. The Labute approximate surface area is 108 Å². The third-order valence-electron chi connectivity index (χ3n) is 2.94. The number of amides is 1. The predicted octanol–water partition coefficient (Wildman–Crippen LogP) is 2.93. The number of hydrogen-bond donors (Lipinski definition) is 0. The first-order valence-corrected chi connectivity index (χ1v) is 6.27. The molecule has 1 aromatic heterocycles. The monoisotopic (exact) mass is 242 g/mol. The maximum atomic E-state index is 12.2. The van der Waals surface area contributed by atoms with Crippen molar-refractivity contribution in [2.24, 2.45) is 0 Å². The minimum Gasteiger partial charge on any atom is -0.354 e. The molecule has 1 amide bonds. The van der Waals surface area contributed by atoms with Gasteiger partial charge in [0.15, 0.2) is 0 Å². The Bertz CT molecular complexity index is 476. The molecule has 3 heteroatoms. The lowest BCUT2D eigenvalue weighted by molar-refractivity contribution is -0.118. The van der Waals surface area contributed by atoms with Crippen molar-refractivity contribution in [1.29, 1.82) is 0 Å². The van der Waals surface area contributed by atoms with E-state index in [9.17, 15) is 4.79 Å². The highest BCUT2D eigenvalue weighted by Crippen LogP contribution is 2.14. The highest BCUT2D eigenvalue weighted by atomic mass is 16.2. The summed E-state index contributed by atoms with van der Waals surface area (Å²) >= 11 is 0. The molecule has 0 N–H and O–H groups in total. The Morgan fingerprint density at radius 2 is 1.78 bits per heavy atom. The van der Waals surface area contributed by atoms with Crippen LogP contribution in [-0.4, -0.2) is 17.0 Å². The van der Waals surface area contributed by atoms with E-state index in [2.05, 4.69) is 0 Å². The van der Waals surface area contributed by atoms with Crippen LogP contribution in [0.3, 0.4) is 0 Å². The van der Waals surface area contributed by atoms with Gasteiger partial charge in [0.05, 0.1) is 0 Å². The average molecular weight is 242 g/mol. The molecule has 2 aromatic rings. The minimum atomic E-state index is 0.164. The van der Waals surface area contributed by atoms with E-state index in [1.54, 1.807) is 0 Å². The van der Waals surface area contributed by atoms with Crippen LogP contribution in [-0.2, 0) is 11.3 Å². The average Bonchev–Trinajstić information content (AvgIpc) is 2.92. The van der Waals surface area contributed by atoms with Crippen molar-refractivity contribution in [3.05, 3.63) is 54.9 Å². The summed E-state index contributed by atoms with van der Waals surface area (Å²) in [4.78, 5) is 14.0. The Hall–Kier alpha value is -2.03. The van der Waals surface area contributed by atoms with Gasteiger partial charge in [0.2, 0.25) is 5.91 Å². The van der Waals surface area contributed by atoms with Gasteiger partial charge >= 0.3 is 0 Å². The fourth-order valence-electron chi connectivity index (χ4n) is 1.99. The molecular formula is C15H18N2O. The van der Waals surface area contributed by atoms with Crippen LogP contribution >= 0.6 is 0 Å². The zero-order chi connectivity index (χ0) is 12.8. The molecule has 94 valence electrons. The number of rotatable bonds is 5. The van der Waals surface area contributed by atoms with Crippen molar-refractivity contribution in [3.8, 4) is 0 Å². The van der Waals surface area contributed by atoms with Crippen LogP contribution in [0.5, 0.6) is 0 Å². The van der Waals surface area contributed by atoms with Gasteiger partial charge in [0.25, 0.3) is 0 Å². The van der Waals surface area contributed by atoms with Gasteiger partial charge in [0, 0.05) is 37.6 Å². The molecule has 0 aliphatic heterocycles. The van der Waals surface area contributed by atoms with E-state index < -0.39 is 0 Å². The van der Waals surface area contributed by atoms with E-state index in [0.717, 1.165) is 12.2 Å². The van der Waals surface area contributed by atoms with Gasteiger partial charge in [-0.1, -0.05) is 18.2 Å². The van der Waals surface area contributed by atoms with E-state index in [-0.39, 0.29) is 5.91 Å². The highest BCUT2D eigenvalue weighted by Gasteiger charge is 2.12. The topological polar surface area (TPSA) is 25.2 Å². The second-order valence-electron chi connectivity index (χ2n) is 4.14. The van der Waals surface area contributed by atoms with E-state index >= 15 is 0 Å². The first-order valence-electron chi connectivity index (χ1n) is 6.27. The molecule has 3 nitrogen and oxygen atoms in total. The molecule has 0 saturated heterocycles. The number of carbonyl (C=O) groups is 1. The zero-order valence-electron chi connectivity index (χ0n) is 10.6. The summed E-state index contributed by atoms with van der Waals surface area (Å²) in [5, 5.41) is 0. The van der Waals surface area contributed by atoms with Crippen molar-refractivity contribution in [2.75, 3.05) is 11.4 Å². The van der Waals surface area contributed by atoms with Crippen LogP contribution in [0.1, 0.15) is 13.3 Å². The quantitative estimate of drug-likeness (QED) is 0.791. The van der Waals surface area contributed by atoms with Crippen LogP contribution in [0, 0.1) is 0 Å². The Balaban J connectivity index is 1.98. The molecule has 0 atom stereocenters. The van der Waals surface area contributed by atoms with E-state index in [1.807, 2.05) is 71.2 Å². The van der Waals surface area contributed by atoms with Crippen molar-refractivity contribution in [1.82, 2.24) is 4.57 Å². The molecule has 0 aliphatic carbocycles. The van der Waals surface area contributed by atoms with Gasteiger partial charge < -0.3 is 9.47 Å². The zero-order valence-corrected chi connectivity index (χ0v) is 10.6. The van der Waals surface area contributed by atoms with Gasteiger partial charge in [-0.2, -0.15) is 0 Å². The normalized spacial score (nSPS) is 10.3. The van der Waals surface area contributed by atoms with Gasteiger partial charge in [-0.25, -0.2) is 0 Å². The van der Waals surface area contributed by atoms with E-state index in [0.29, 0.717) is 13.0 Å². The van der Waals surface area contributed by atoms with E-state index in [4.69, 9.17) is 0 Å². The molecule has 0 unspecified atom stereocenters. The van der Waals surface area contributed by atoms with Crippen LogP contribution in [0.25, 0.3) is 0 Å². The fraction of sp³-hybridized carbons (Fsp3) is 0.267. The van der Waals surface area contributed by atoms with Crippen LogP contribution in [0.2, 0.25) is 0 Å². The third kappa shape index (κ3) is 3.00. The summed E-state index contributed by atoms with van der Waals surface area (Å²) < 4.78 is 2.02. The second-order valence-corrected chi connectivity index (χ2v) is 4.14. The van der Waals surface area contributed by atoms with Crippen LogP contribution in [0.15, 0.2) is 54.9 Å². The Kier molecular flexibility index (Phi) is 4.18.